The molecule has 0 saturated heterocycles. The molecular weight excluding hydrogens is 444 g/mol. The van der Waals surface area contributed by atoms with Crippen LogP contribution in [0.4, 0.5) is 25.2 Å². The standard InChI is InChI=1S/C23H25F2N7O2/c1-2-3-19(13-6-15(24)9-16(25)7-13)30-20-10-21(28-17-4-5-17)32-22(31-20)14(11-27-32)8-18(12-33)29-23(26)34/h6-7,9-12,17,19,28H,2-5,8H2,1H3,(H2,26,34)(H,30,31). The summed E-state index contributed by atoms with van der Waals surface area (Å²) in [5.41, 5.74) is 6.54. The van der Waals surface area contributed by atoms with Crippen molar-refractivity contribution < 1.29 is 18.4 Å². The van der Waals surface area contributed by atoms with E-state index in [-0.39, 0.29) is 18.2 Å². The lowest BCUT2D eigenvalue weighted by molar-refractivity contribution is -0.102. The molecule has 1 fully saturated rings. The molecule has 0 spiro atoms. The molecule has 11 heteroatoms. The second-order valence-electron chi connectivity index (χ2n) is 8.27. The molecule has 34 heavy (non-hydrogen) atoms. The number of anilines is 2. The molecule has 1 atom stereocenters. The monoisotopic (exact) mass is 469 g/mol. The largest absolute Gasteiger partial charge is 0.367 e. The van der Waals surface area contributed by atoms with Gasteiger partial charge in [-0.25, -0.2) is 18.6 Å². The maximum Gasteiger partial charge on any atom is 0.338 e. The van der Waals surface area contributed by atoms with Crippen LogP contribution >= 0.6 is 0 Å². The van der Waals surface area contributed by atoms with E-state index in [0.717, 1.165) is 25.3 Å². The lowest BCUT2D eigenvalue weighted by Crippen LogP contribution is -2.15. The maximum atomic E-state index is 13.9. The quantitative estimate of drug-likeness (QED) is 0.306. The van der Waals surface area contributed by atoms with E-state index < -0.39 is 17.7 Å². The van der Waals surface area contributed by atoms with Crippen LogP contribution in [0.3, 0.4) is 0 Å². The summed E-state index contributed by atoms with van der Waals surface area (Å²) in [6.07, 6.45) is 5.49. The Labute approximate surface area is 194 Å². The van der Waals surface area contributed by atoms with Crippen LogP contribution < -0.4 is 16.4 Å². The van der Waals surface area contributed by atoms with E-state index in [2.05, 4.69) is 25.7 Å². The first-order valence-corrected chi connectivity index (χ1v) is 11.0. The van der Waals surface area contributed by atoms with Crippen LogP contribution in [0.1, 0.15) is 49.8 Å². The first kappa shape index (κ1) is 23.3. The highest BCUT2D eigenvalue weighted by Crippen LogP contribution is 2.30. The summed E-state index contributed by atoms with van der Waals surface area (Å²) in [5.74, 6) is -0.141. The Morgan fingerprint density at radius 1 is 1.29 bits per heavy atom. The van der Waals surface area contributed by atoms with Gasteiger partial charge in [-0.2, -0.15) is 14.6 Å². The Kier molecular flexibility index (Phi) is 6.80. The number of hydrogen-bond donors (Lipinski definition) is 3. The number of nitrogens with one attached hydrogen (secondary N) is 2. The number of hydrogen-bond acceptors (Lipinski definition) is 6. The minimum absolute atomic E-state index is 0.0166. The van der Waals surface area contributed by atoms with Gasteiger partial charge in [0.05, 0.1) is 18.0 Å². The highest BCUT2D eigenvalue weighted by molar-refractivity contribution is 6.31. The van der Waals surface area contributed by atoms with Crippen LogP contribution in [0.2, 0.25) is 0 Å². The Morgan fingerprint density at radius 3 is 2.65 bits per heavy atom. The predicted octanol–water partition coefficient (Wildman–Crippen LogP) is 3.80. The highest BCUT2D eigenvalue weighted by Gasteiger charge is 2.24. The number of primary amides is 1. The number of benzene rings is 1. The normalized spacial score (nSPS) is 14.7. The van der Waals surface area contributed by atoms with Gasteiger partial charge in [-0.05, 0) is 37.0 Å². The summed E-state index contributed by atoms with van der Waals surface area (Å²) in [6.45, 7) is 1.98. The summed E-state index contributed by atoms with van der Waals surface area (Å²) >= 11 is 0. The van der Waals surface area contributed by atoms with Gasteiger partial charge in [-0.15, -0.1) is 0 Å². The third-order valence-electron chi connectivity index (χ3n) is 5.42. The lowest BCUT2D eigenvalue weighted by atomic mass is 10.0. The number of amides is 2. The van der Waals surface area contributed by atoms with Gasteiger partial charge in [0.15, 0.2) is 11.9 Å². The van der Waals surface area contributed by atoms with Crippen LogP contribution in [0, 0.1) is 11.6 Å². The van der Waals surface area contributed by atoms with E-state index in [9.17, 15) is 18.4 Å². The Balaban J connectivity index is 1.73. The van der Waals surface area contributed by atoms with Gasteiger partial charge < -0.3 is 16.4 Å². The van der Waals surface area contributed by atoms with Crippen molar-refractivity contribution in [3.63, 3.8) is 0 Å². The van der Waals surface area contributed by atoms with Crippen molar-refractivity contribution in [1.82, 2.24) is 14.6 Å². The fourth-order valence-electron chi connectivity index (χ4n) is 3.76. The van der Waals surface area contributed by atoms with E-state index in [4.69, 9.17) is 5.73 Å². The number of carbonyl (C=O) groups is 2. The zero-order valence-corrected chi connectivity index (χ0v) is 18.6. The number of rotatable bonds is 10. The van der Waals surface area contributed by atoms with E-state index in [0.29, 0.717) is 47.2 Å². The average Bonchev–Trinajstić information content (AvgIpc) is 3.50. The average molecular weight is 469 g/mol. The minimum atomic E-state index is -0.963. The van der Waals surface area contributed by atoms with Crippen molar-refractivity contribution in [2.24, 2.45) is 10.7 Å². The molecule has 0 radical (unpaired) electrons. The summed E-state index contributed by atoms with van der Waals surface area (Å²) in [6, 6.07) is 4.21. The molecule has 1 aromatic carbocycles. The van der Waals surface area contributed by atoms with Crippen molar-refractivity contribution >= 4 is 35.3 Å². The maximum absolute atomic E-state index is 13.9. The molecule has 4 N–H and O–H groups in total. The van der Waals surface area contributed by atoms with Gasteiger partial charge in [0.25, 0.3) is 0 Å². The molecule has 0 aliphatic heterocycles. The van der Waals surface area contributed by atoms with Gasteiger partial charge in [-0.3, -0.25) is 4.79 Å². The Morgan fingerprint density at radius 2 is 2.03 bits per heavy atom. The summed E-state index contributed by atoms with van der Waals surface area (Å²) < 4.78 is 29.4. The molecule has 4 rings (SSSR count). The summed E-state index contributed by atoms with van der Waals surface area (Å²) in [5, 5.41) is 11.1. The number of nitrogens with two attached hydrogens (primary N) is 1. The molecule has 2 amide bonds. The third kappa shape index (κ3) is 5.53. The van der Waals surface area contributed by atoms with E-state index in [1.54, 1.807) is 16.8 Å². The Bertz CT molecular complexity index is 1230. The van der Waals surface area contributed by atoms with Crippen molar-refractivity contribution in [3.8, 4) is 0 Å². The van der Waals surface area contributed by atoms with Crippen LogP contribution in [-0.4, -0.2) is 38.7 Å². The molecule has 9 nitrogen and oxygen atoms in total. The zero-order chi connectivity index (χ0) is 24.2. The van der Waals surface area contributed by atoms with Crippen molar-refractivity contribution in [2.75, 3.05) is 10.6 Å². The molecule has 2 aromatic heterocycles. The molecule has 1 aliphatic rings. The number of aldehydes is 1. The number of aromatic nitrogens is 3. The van der Waals surface area contributed by atoms with Gasteiger partial charge in [0.1, 0.15) is 23.3 Å². The molecule has 0 bridgehead atoms. The third-order valence-corrected chi connectivity index (χ3v) is 5.42. The predicted molar refractivity (Wildman–Crippen MR) is 124 cm³/mol. The molecule has 1 aliphatic carbocycles. The molecule has 178 valence electrons. The van der Waals surface area contributed by atoms with Gasteiger partial charge in [-0.1, -0.05) is 13.3 Å². The second kappa shape index (κ2) is 9.94. The molecule has 1 saturated carbocycles. The SMILES string of the molecule is CCCC(Nc1cc(NC2CC2)n2ncc(CC(C=O)=NC(N)=O)c2n1)c1cc(F)cc(F)c1. The number of carbonyl (C=O) groups excluding carboxylic acids is 2. The molecule has 2 heterocycles. The number of urea groups is 1. The minimum Gasteiger partial charge on any atom is -0.367 e. The highest BCUT2D eigenvalue weighted by atomic mass is 19.1. The Hall–Kier alpha value is -3.89. The first-order valence-electron chi connectivity index (χ1n) is 11.0. The van der Waals surface area contributed by atoms with E-state index in [1.807, 2.05) is 6.92 Å². The van der Waals surface area contributed by atoms with Crippen LogP contribution in [0.5, 0.6) is 0 Å². The van der Waals surface area contributed by atoms with E-state index in [1.165, 1.54) is 12.1 Å². The topological polar surface area (TPSA) is 127 Å². The number of halogens is 2. The van der Waals surface area contributed by atoms with Crippen molar-refractivity contribution in [3.05, 3.63) is 53.2 Å². The lowest BCUT2D eigenvalue weighted by Gasteiger charge is -2.20. The van der Waals surface area contributed by atoms with Crippen LogP contribution in [-0.2, 0) is 11.2 Å². The summed E-state index contributed by atoms with van der Waals surface area (Å²) in [7, 11) is 0. The fourth-order valence-corrected chi connectivity index (χ4v) is 3.76. The number of aliphatic imine (C=N–C) groups is 1. The van der Waals surface area contributed by atoms with Gasteiger partial charge in [0, 0.05) is 30.2 Å². The van der Waals surface area contributed by atoms with Crippen LogP contribution in [0.15, 0.2) is 35.5 Å². The number of nitrogens with zero attached hydrogens (tertiary/aromatic N) is 4. The molecule has 3 aromatic rings. The van der Waals surface area contributed by atoms with Crippen molar-refractivity contribution in [2.45, 2.75) is 51.1 Å². The van der Waals surface area contributed by atoms with E-state index >= 15 is 0 Å². The fraction of sp³-hybridized carbons (Fsp3) is 0.348. The second-order valence-corrected chi connectivity index (χ2v) is 8.27. The number of fused-ring (bicyclic) bond motifs is 1. The van der Waals surface area contributed by atoms with Gasteiger partial charge in [0.2, 0.25) is 0 Å². The summed E-state index contributed by atoms with van der Waals surface area (Å²) in [4.78, 5) is 30.7. The smallest absolute Gasteiger partial charge is 0.338 e. The molecular formula is C23H25F2N7O2. The van der Waals surface area contributed by atoms with Crippen molar-refractivity contribution in [1.29, 1.82) is 0 Å². The zero-order valence-electron chi connectivity index (χ0n) is 18.6. The van der Waals surface area contributed by atoms with Crippen LogP contribution in [0.25, 0.3) is 5.65 Å². The first-order chi connectivity index (χ1) is 16.4. The van der Waals surface area contributed by atoms with Gasteiger partial charge >= 0.3 is 6.03 Å². The molecule has 1 unspecified atom stereocenters.